The van der Waals surface area contributed by atoms with Crippen LogP contribution in [0.15, 0.2) is 66.5 Å². The van der Waals surface area contributed by atoms with Crippen LogP contribution in [0.25, 0.3) is 16.5 Å². The minimum Gasteiger partial charge on any atom is -0.364 e. The molecule has 0 atom stereocenters. The van der Waals surface area contributed by atoms with Crippen LogP contribution in [0.4, 0.5) is 0 Å². The molecule has 1 N–H and O–H groups in total. The molecule has 5 rings (SSSR count). The van der Waals surface area contributed by atoms with Gasteiger partial charge in [-0.3, -0.25) is 14.5 Å². The molecule has 3 heterocycles. The van der Waals surface area contributed by atoms with E-state index in [-0.39, 0.29) is 11.8 Å². The average Bonchev–Trinajstić information content (AvgIpc) is 3.32. The van der Waals surface area contributed by atoms with Gasteiger partial charge in [0.05, 0.1) is 5.57 Å². The summed E-state index contributed by atoms with van der Waals surface area (Å²) in [5.41, 5.74) is 4.09. The number of carbonyl (C=O) groups excluding carboxylic acids is 2. The van der Waals surface area contributed by atoms with E-state index in [1.165, 1.54) is 4.90 Å². The van der Waals surface area contributed by atoms with Gasteiger partial charge in [-0.25, -0.2) is 0 Å². The van der Waals surface area contributed by atoms with Crippen molar-refractivity contribution in [1.82, 2.24) is 19.7 Å². The Balaban J connectivity index is 1.44. The predicted molar refractivity (Wildman–Crippen MR) is 121 cm³/mol. The fourth-order valence-electron chi connectivity index (χ4n) is 4.53. The maximum Gasteiger partial charge on any atom is 0.277 e. The third-order valence-corrected chi connectivity index (χ3v) is 6.31. The van der Waals surface area contributed by atoms with Crippen molar-refractivity contribution in [3.05, 3.63) is 77.6 Å². The average molecular weight is 415 g/mol. The fraction of sp³-hybridized carbons (Fsp3) is 0.280. The molecule has 31 heavy (non-hydrogen) atoms. The Morgan fingerprint density at radius 3 is 2.35 bits per heavy atom. The Kier molecular flexibility index (Phi) is 5.08. The second-order valence-electron chi connectivity index (χ2n) is 8.25. The van der Waals surface area contributed by atoms with E-state index in [4.69, 9.17) is 0 Å². The van der Waals surface area contributed by atoms with Crippen molar-refractivity contribution >= 4 is 28.3 Å². The zero-order valence-corrected chi connectivity index (χ0v) is 17.7. The first-order chi connectivity index (χ1) is 15.1. The van der Waals surface area contributed by atoms with Crippen LogP contribution < -0.4 is 0 Å². The number of fused-ring (bicyclic) bond motifs is 1. The summed E-state index contributed by atoms with van der Waals surface area (Å²) < 4.78 is 0. The minimum atomic E-state index is -0.190. The number of H-pyrrole nitrogens is 1. The van der Waals surface area contributed by atoms with Crippen LogP contribution in [0.5, 0.6) is 0 Å². The second-order valence-corrected chi connectivity index (χ2v) is 8.25. The van der Waals surface area contributed by atoms with Gasteiger partial charge in [0.25, 0.3) is 11.8 Å². The van der Waals surface area contributed by atoms with Crippen LogP contribution in [-0.2, 0) is 16.0 Å². The smallest absolute Gasteiger partial charge is 0.277 e. The van der Waals surface area contributed by atoms with Gasteiger partial charge >= 0.3 is 0 Å². The van der Waals surface area contributed by atoms with E-state index in [1.54, 1.807) is 0 Å². The number of amides is 2. The molecule has 0 saturated carbocycles. The number of imide groups is 1. The first-order valence-corrected chi connectivity index (χ1v) is 10.8. The number of hydrogen-bond donors (Lipinski definition) is 1. The number of likely N-dealkylation sites (N-methyl/N-ethyl adjacent to an activating group) is 1. The summed E-state index contributed by atoms with van der Waals surface area (Å²) in [5.74, 6) is -0.363. The van der Waals surface area contributed by atoms with Crippen LogP contribution in [0.1, 0.15) is 11.1 Å². The van der Waals surface area contributed by atoms with Crippen LogP contribution in [0.2, 0.25) is 0 Å². The van der Waals surface area contributed by atoms with Gasteiger partial charge in [-0.15, -0.1) is 0 Å². The molecule has 0 spiro atoms. The van der Waals surface area contributed by atoms with E-state index in [9.17, 15) is 9.59 Å². The van der Waals surface area contributed by atoms with Crippen LogP contribution in [0.3, 0.4) is 0 Å². The molecule has 1 aromatic heterocycles. The lowest BCUT2D eigenvalue weighted by molar-refractivity contribution is -0.137. The number of aromatic nitrogens is 1. The van der Waals surface area contributed by atoms with Gasteiger partial charge in [-0.2, -0.15) is 0 Å². The zero-order valence-electron chi connectivity index (χ0n) is 17.7. The third-order valence-electron chi connectivity index (χ3n) is 6.31. The molecular formula is C25H26N4O2. The highest BCUT2D eigenvalue weighted by Crippen LogP contribution is 2.32. The van der Waals surface area contributed by atoms with E-state index in [0.29, 0.717) is 24.2 Å². The molecule has 0 unspecified atom stereocenters. The first-order valence-electron chi connectivity index (χ1n) is 10.8. The number of aromatic amines is 1. The van der Waals surface area contributed by atoms with Gasteiger partial charge in [0, 0.05) is 49.8 Å². The van der Waals surface area contributed by atoms with Crippen LogP contribution >= 0.6 is 0 Å². The summed E-state index contributed by atoms with van der Waals surface area (Å²) in [4.78, 5) is 36.0. The van der Waals surface area contributed by atoms with E-state index in [1.807, 2.05) is 54.7 Å². The van der Waals surface area contributed by atoms with Crippen LogP contribution in [-0.4, -0.2) is 71.3 Å². The number of benzene rings is 2. The van der Waals surface area contributed by atoms with Gasteiger partial charge < -0.3 is 14.8 Å². The van der Waals surface area contributed by atoms with Crippen molar-refractivity contribution < 1.29 is 9.59 Å². The normalized spacial score (nSPS) is 18.0. The molecule has 2 aromatic carbocycles. The Bertz CT molecular complexity index is 1160. The number of carbonyl (C=O) groups is 2. The molecular weight excluding hydrogens is 388 g/mol. The lowest BCUT2D eigenvalue weighted by Crippen LogP contribution is -2.46. The molecule has 1 fully saturated rings. The Morgan fingerprint density at radius 2 is 1.58 bits per heavy atom. The lowest BCUT2D eigenvalue weighted by Gasteiger charge is -2.34. The molecule has 0 radical (unpaired) electrons. The number of piperazine rings is 1. The largest absolute Gasteiger partial charge is 0.364 e. The zero-order chi connectivity index (χ0) is 21.4. The molecule has 0 bridgehead atoms. The molecule has 1 saturated heterocycles. The molecule has 2 aliphatic rings. The maximum atomic E-state index is 13.5. The number of hydrogen-bond acceptors (Lipinski definition) is 4. The topological polar surface area (TPSA) is 59.6 Å². The number of rotatable bonds is 5. The summed E-state index contributed by atoms with van der Waals surface area (Å²) in [6.45, 7) is 3.62. The Morgan fingerprint density at radius 1 is 0.871 bits per heavy atom. The molecule has 6 nitrogen and oxygen atoms in total. The Hall–Kier alpha value is -3.38. The summed E-state index contributed by atoms with van der Waals surface area (Å²) >= 11 is 0. The number of nitrogens with one attached hydrogen (secondary N) is 1. The minimum absolute atomic E-state index is 0.173. The summed E-state index contributed by atoms with van der Waals surface area (Å²) in [7, 11) is 2.08. The lowest BCUT2D eigenvalue weighted by atomic mass is 10.0. The molecule has 3 aromatic rings. The fourth-order valence-corrected chi connectivity index (χ4v) is 4.53. The van der Waals surface area contributed by atoms with Gasteiger partial charge in [-0.1, -0.05) is 48.5 Å². The van der Waals surface area contributed by atoms with Crippen molar-refractivity contribution in [2.75, 3.05) is 39.8 Å². The van der Waals surface area contributed by atoms with Crippen molar-refractivity contribution in [3.63, 3.8) is 0 Å². The maximum absolute atomic E-state index is 13.5. The highest BCUT2D eigenvalue weighted by molar-refractivity contribution is 6.35. The molecule has 6 heteroatoms. The third kappa shape index (κ3) is 3.53. The molecule has 158 valence electrons. The molecule has 2 aliphatic heterocycles. The highest BCUT2D eigenvalue weighted by atomic mass is 16.2. The first kappa shape index (κ1) is 19.6. The summed E-state index contributed by atoms with van der Waals surface area (Å²) in [5, 5.41) is 1.14. The second kappa shape index (κ2) is 8.04. The van der Waals surface area contributed by atoms with Gasteiger partial charge in [0.1, 0.15) is 5.70 Å². The van der Waals surface area contributed by atoms with Gasteiger partial charge in [0.15, 0.2) is 0 Å². The standard InChI is InChI=1S/C25H26N4O2/c1-27-13-15-28(16-14-27)23-22(18-7-3-2-4-8-18)24(30)29(25(23)31)12-11-19-17-26-21-10-6-5-9-20(19)21/h2-10,17,26H,11-16H2,1H3. The summed E-state index contributed by atoms with van der Waals surface area (Å²) in [6, 6.07) is 17.7. The predicted octanol–water partition coefficient (Wildman–Crippen LogP) is 2.74. The quantitative estimate of drug-likeness (QED) is 0.653. The van der Waals surface area contributed by atoms with Crippen molar-refractivity contribution in [1.29, 1.82) is 0 Å². The van der Waals surface area contributed by atoms with Gasteiger partial charge in [0.2, 0.25) is 0 Å². The van der Waals surface area contributed by atoms with E-state index < -0.39 is 0 Å². The van der Waals surface area contributed by atoms with Crippen molar-refractivity contribution in [2.24, 2.45) is 0 Å². The van der Waals surface area contributed by atoms with E-state index >= 15 is 0 Å². The monoisotopic (exact) mass is 414 g/mol. The van der Waals surface area contributed by atoms with Crippen molar-refractivity contribution in [2.45, 2.75) is 6.42 Å². The number of nitrogens with zero attached hydrogens (tertiary/aromatic N) is 3. The SMILES string of the molecule is CN1CCN(C2=C(c3ccccc3)C(=O)N(CCc3c[nH]c4ccccc34)C2=O)CC1. The van der Waals surface area contributed by atoms with E-state index in [2.05, 4.69) is 27.9 Å². The highest BCUT2D eigenvalue weighted by Gasteiger charge is 2.41. The Labute approximate surface area is 181 Å². The van der Waals surface area contributed by atoms with Crippen molar-refractivity contribution in [3.8, 4) is 0 Å². The summed E-state index contributed by atoms with van der Waals surface area (Å²) in [6.07, 6.45) is 2.60. The molecule has 2 amide bonds. The van der Waals surface area contributed by atoms with E-state index in [0.717, 1.165) is 48.2 Å². The van der Waals surface area contributed by atoms with Crippen LogP contribution in [0, 0.1) is 0 Å². The van der Waals surface area contributed by atoms with Gasteiger partial charge in [-0.05, 0) is 30.7 Å². The number of para-hydroxylation sites is 1. The molecule has 0 aliphatic carbocycles.